The lowest BCUT2D eigenvalue weighted by Crippen LogP contribution is -2.27. The first-order valence-corrected chi connectivity index (χ1v) is 6.44. The molecule has 0 spiro atoms. The highest BCUT2D eigenvalue weighted by Crippen LogP contribution is 2.39. The normalized spacial score (nSPS) is 18.7. The van der Waals surface area contributed by atoms with Crippen molar-refractivity contribution in [1.82, 2.24) is 0 Å². The van der Waals surface area contributed by atoms with Crippen molar-refractivity contribution in [3.05, 3.63) is 29.3 Å². The van der Waals surface area contributed by atoms with E-state index in [-0.39, 0.29) is 18.4 Å². The Morgan fingerprint density at radius 2 is 2.00 bits per heavy atom. The molecule has 1 atom stereocenters. The molecule has 1 amide bonds. The number of aliphatic hydroxyl groups is 1. The van der Waals surface area contributed by atoms with Crippen LogP contribution in [-0.4, -0.2) is 17.6 Å². The number of carbonyl (C=O) groups is 1. The van der Waals surface area contributed by atoms with Gasteiger partial charge >= 0.3 is 0 Å². The predicted molar refractivity (Wildman–Crippen MR) is 72.8 cm³/mol. The minimum Gasteiger partial charge on any atom is -0.396 e. The van der Waals surface area contributed by atoms with Crippen LogP contribution in [0, 0.1) is 5.92 Å². The molecule has 3 nitrogen and oxygen atoms in total. The Balaban J connectivity index is 2.45. The number of fused-ring (bicyclic) bond motifs is 1. The molecule has 3 heteroatoms. The smallest absolute Gasteiger partial charge is 0.234 e. The maximum Gasteiger partial charge on any atom is 0.234 e. The highest BCUT2D eigenvalue weighted by atomic mass is 16.3. The molecule has 18 heavy (non-hydrogen) atoms. The van der Waals surface area contributed by atoms with Crippen molar-refractivity contribution < 1.29 is 9.90 Å². The van der Waals surface area contributed by atoms with E-state index in [1.165, 1.54) is 0 Å². The summed E-state index contributed by atoms with van der Waals surface area (Å²) in [6, 6.07) is 6.01. The van der Waals surface area contributed by atoms with Crippen LogP contribution in [0.4, 0.5) is 5.69 Å². The summed E-state index contributed by atoms with van der Waals surface area (Å²) in [5, 5.41) is 12.4. The monoisotopic (exact) mass is 247 g/mol. The Bertz CT molecular complexity index is 477. The van der Waals surface area contributed by atoms with E-state index in [2.05, 4.69) is 25.2 Å². The second-order valence-electron chi connectivity index (χ2n) is 5.92. The molecule has 0 aromatic heterocycles. The van der Waals surface area contributed by atoms with Crippen LogP contribution < -0.4 is 5.32 Å². The molecule has 1 unspecified atom stereocenters. The first-order chi connectivity index (χ1) is 8.37. The molecule has 1 heterocycles. The van der Waals surface area contributed by atoms with Gasteiger partial charge in [0.25, 0.3) is 0 Å². The number of benzene rings is 1. The van der Waals surface area contributed by atoms with Crippen molar-refractivity contribution in [2.45, 2.75) is 39.0 Å². The molecule has 1 aliphatic heterocycles. The summed E-state index contributed by atoms with van der Waals surface area (Å²) < 4.78 is 0. The Hall–Kier alpha value is -1.35. The van der Waals surface area contributed by atoms with Crippen LogP contribution in [0.1, 0.15) is 44.7 Å². The third-order valence-electron chi connectivity index (χ3n) is 3.96. The van der Waals surface area contributed by atoms with Crippen molar-refractivity contribution in [2.75, 3.05) is 11.9 Å². The molecule has 2 N–H and O–H groups in total. The van der Waals surface area contributed by atoms with Gasteiger partial charge in [0.15, 0.2) is 0 Å². The standard InChI is InChI=1S/C15H21NO2/c1-9(2)11(8-17)10-5-6-13-12(7-10)15(3,4)14(18)16-13/h5-7,9,11,17H,8H2,1-4H3,(H,16,18). The molecule has 0 saturated heterocycles. The number of amides is 1. The molecular formula is C15H21NO2. The molecule has 98 valence electrons. The number of hydrogen-bond acceptors (Lipinski definition) is 2. The van der Waals surface area contributed by atoms with Crippen molar-refractivity contribution in [1.29, 1.82) is 0 Å². The van der Waals surface area contributed by atoms with Crippen LogP contribution in [0.25, 0.3) is 0 Å². The van der Waals surface area contributed by atoms with E-state index in [0.29, 0.717) is 5.92 Å². The van der Waals surface area contributed by atoms with E-state index < -0.39 is 5.41 Å². The second kappa shape index (κ2) is 4.39. The summed E-state index contributed by atoms with van der Waals surface area (Å²) in [5.74, 6) is 0.544. The van der Waals surface area contributed by atoms with E-state index in [1.54, 1.807) is 0 Å². The van der Waals surface area contributed by atoms with Gasteiger partial charge in [0, 0.05) is 11.6 Å². The number of anilines is 1. The fourth-order valence-corrected chi connectivity index (χ4v) is 2.52. The molecule has 1 aromatic rings. The molecule has 0 fully saturated rings. The van der Waals surface area contributed by atoms with E-state index in [0.717, 1.165) is 16.8 Å². The van der Waals surface area contributed by atoms with Gasteiger partial charge in [-0.1, -0.05) is 26.0 Å². The first-order valence-electron chi connectivity index (χ1n) is 6.44. The highest BCUT2D eigenvalue weighted by molar-refractivity contribution is 6.05. The maximum atomic E-state index is 11.9. The number of aliphatic hydroxyl groups excluding tert-OH is 1. The third-order valence-corrected chi connectivity index (χ3v) is 3.96. The lowest BCUT2D eigenvalue weighted by molar-refractivity contribution is -0.119. The largest absolute Gasteiger partial charge is 0.396 e. The van der Waals surface area contributed by atoms with Crippen LogP contribution in [0.15, 0.2) is 18.2 Å². The summed E-state index contributed by atoms with van der Waals surface area (Å²) in [6.45, 7) is 8.20. The average Bonchev–Trinajstić information content (AvgIpc) is 2.51. The fourth-order valence-electron chi connectivity index (χ4n) is 2.52. The summed E-state index contributed by atoms with van der Waals surface area (Å²) in [4.78, 5) is 11.9. The molecule has 1 aromatic carbocycles. The quantitative estimate of drug-likeness (QED) is 0.862. The van der Waals surface area contributed by atoms with Crippen LogP contribution in [0.3, 0.4) is 0 Å². The summed E-state index contributed by atoms with van der Waals surface area (Å²) in [7, 11) is 0. The highest BCUT2D eigenvalue weighted by Gasteiger charge is 2.38. The van der Waals surface area contributed by atoms with Gasteiger partial charge in [0.1, 0.15) is 0 Å². The summed E-state index contributed by atoms with van der Waals surface area (Å²) in [5.41, 5.74) is 2.55. The first kappa shape index (κ1) is 13.1. The lowest BCUT2D eigenvalue weighted by Gasteiger charge is -2.21. The molecule has 2 rings (SSSR count). The van der Waals surface area contributed by atoms with Crippen molar-refractivity contribution in [2.24, 2.45) is 5.92 Å². The molecule has 0 radical (unpaired) electrons. The fraction of sp³-hybridized carbons (Fsp3) is 0.533. The van der Waals surface area contributed by atoms with Crippen molar-refractivity contribution in [3.8, 4) is 0 Å². The zero-order chi connectivity index (χ0) is 13.5. The maximum absolute atomic E-state index is 11.9. The minimum atomic E-state index is -0.484. The Kier molecular flexibility index (Phi) is 3.20. The number of rotatable bonds is 3. The summed E-state index contributed by atoms with van der Waals surface area (Å²) in [6.07, 6.45) is 0. The Morgan fingerprint density at radius 3 is 2.56 bits per heavy atom. The van der Waals surface area contributed by atoms with Crippen LogP contribution in [0.2, 0.25) is 0 Å². The van der Waals surface area contributed by atoms with Gasteiger partial charge in [-0.2, -0.15) is 0 Å². The molecular weight excluding hydrogens is 226 g/mol. The number of hydrogen-bond donors (Lipinski definition) is 2. The zero-order valence-corrected chi connectivity index (χ0v) is 11.4. The van der Waals surface area contributed by atoms with Gasteiger partial charge in [0.05, 0.1) is 12.0 Å². The van der Waals surface area contributed by atoms with E-state index in [1.807, 2.05) is 26.0 Å². The van der Waals surface area contributed by atoms with E-state index in [4.69, 9.17) is 0 Å². The molecule has 1 aliphatic rings. The van der Waals surface area contributed by atoms with Gasteiger partial charge < -0.3 is 10.4 Å². The van der Waals surface area contributed by atoms with Crippen molar-refractivity contribution in [3.63, 3.8) is 0 Å². The molecule has 0 bridgehead atoms. The average molecular weight is 247 g/mol. The van der Waals surface area contributed by atoms with E-state index >= 15 is 0 Å². The number of nitrogens with one attached hydrogen (secondary N) is 1. The predicted octanol–water partition coefficient (Wildman–Crippen LogP) is 2.65. The second-order valence-corrected chi connectivity index (χ2v) is 5.92. The Morgan fingerprint density at radius 1 is 1.33 bits per heavy atom. The van der Waals surface area contributed by atoms with Gasteiger partial charge in [-0.25, -0.2) is 0 Å². The van der Waals surface area contributed by atoms with E-state index in [9.17, 15) is 9.90 Å². The van der Waals surface area contributed by atoms with Crippen LogP contribution in [-0.2, 0) is 10.2 Å². The van der Waals surface area contributed by atoms with Gasteiger partial charge in [-0.3, -0.25) is 4.79 Å². The number of carbonyl (C=O) groups excluding carboxylic acids is 1. The SMILES string of the molecule is CC(C)C(CO)c1ccc2c(c1)C(C)(C)C(=O)N2. The minimum absolute atomic E-state index is 0.0414. The van der Waals surface area contributed by atoms with Gasteiger partial charge in [-0.05, 0) is 37.0 Å². The topological polar surface area (TPSA) is 49.3 Å². The van der Waals surface area contributed by atoms with Crippen LogP contribution >= 0.6 is 0 Å². The third kappa shape index (κ3) is 1.93. The van der Waals surface area contributed by atoms with Crippen molar-refractivity contribution >= 4 is 11.6 Å². The molecule has 0 aliphatic carbocycles. The van der Waals surface area contributed by atoms with Crippen LogP contribution in [0.5, 0.6) is 0 Å². The van der Waals surface area contributed by atoms with Gasteiger partial charge in [0.2, 0.25) is 5.91 Å². The molecule has 0 saturated carbocycles. The Labute approximate surface area is 108 Å². The lowest BCUT2D eigenvalue weighted by atomic mass is 9.82. The van der Waals surface area contributed by atoms with Gasteiger partial charge in [-0.15, -0.1) is 0 Å². The zero-order valence-electron chi connectivity index (χ0n) is 11.4. The summed E-state index contributed by atoms with van der Waals surface area (Å²) >= 11 is 0.